The summed E-state index contributed by atoms with van der Waals surface area (Å²) in [7, 11) is 0. The van der Waals surface area contributed by atoms with Crippen LogP contribution in [0.5, 0.6) is 0 Å². The van der Waals surface area contributed by atoms with Crippen LogP contribution in [0.4, 0.5) is 11.4 Å². The standard InChI is InChI=1S/C32H31ClN8/c1-5-20-16-36-29-24(28(20)37-19-31(2,3)4)14-21(15-25(29)33)38-30(23-8-6-10-26-22(23)9-7-13-35-26)27-17-41(40-39-27)32(18-34)11-12-32/h1,6-10,13-17,30,38-40H,11-12,19H2,2-4H3,(H,36,37)/t30-/m0/s1. The lowest BCUT2D eigenvalue weighted by Crippen LogP contribution is -2.44. The summed E-state index contributed by atoms with van der Waals surface area (Å²) in [6.45, 7) is 7.22. The number of anilines is 2. The molecule has 2 aliphatic rings. The highest BCUT2D eigenvalue weighted by molar-refractivity contribution is 6.35. The Bertz CT molecular complexity index is 1770. The Labute approximate surface area is 244 Å². The highest BCUT2D eigenvalue weighted by atomic mass is 35.5. The summed E-state index contributed by atoms with van der Waals surface area (Å²) in [5.74, 6) is 2.77. The smallest absolute Gasteiger partial charge is 0.143 e. The molecular formula is C32H31ClN8. The van der Waals surface area contributed by atoms with E-state index < -0.39 is 5.54 Å². The Kier molecular flexibility index (Phi) is 6.62. The van der Waals surface area contributed by atoms with E-state index in [9.17, 15) is 5.26 Å². The van der Waals surface area contributed by atoms with Gasteiger partial charge in [-0.3, -0.25) is 15.0 Å². The summed E-state index contributed by atoms with van der Waals surface area (Å²) in [5.41, 5.74) is 11.8. The number of benzene rings is 2. The number of fused-ring (bicyclic) bond motifs is 2. The second-order valence-corrected chi connectivity index (χ2v) is 12.2. The summed E-state index contributed by atoms with van der Waals surface area (Å²) in [4.78, 5) is 9.15. The number of hydrazine groups is 2. The first kappa shape index (κ1) is 26.7. The Morgan fingerprint density at radius 1 is 1.17 bits per heavy atom. The fourth-order valence-corrected chi connectivity index (χ4v) is 5.36. The molecule has 0 bridgehead atoms. The van der Waals surface area contributed by atoms with E-state index in [0.717, 1.165) is 58.3 Å². The second-order valence-electron chi connectivity index (χ2n) is 11.8. The Hall–Kier alpha value is -4.50. The molecule has 0 unspecified atom stereocenters. The van der Waals surface area contributed by atoms with Crippen LogP contribution in [0.1, 0.15) is 50.8 Å². The number of nitrogens with zero attached hydrogens (tertiary/aromatic N) is 4. The van der Waals surface area contributed by atoms with Gasteiger partial charge in [-0.2, -0.15) is 5.26 Å². The van der Waals surface area contributed by atoms with Crippen LogP contribution in [0.2, 0.25) is 5.02 Å². The van der Waals surface area contributed by atoms with Crippen LogP contribution in [0, 0.1) is 29.1 Å². The maximum absolute atomic E-state index is 9.78. The van der Waals surface area contributed by atoms with Crippen LogP contribution in [0.25, 0.3) is 21.8 Å². The summed E-state index contributed by atoms with van der Waals surface area (Å²) < 4.78 is 0. The van der Waals surface area contributed by atoms with Gasteiger partial charge in [-0.25, -0.2) is 0 Å². The van der Waals surface area contributed by atoms with Crippen molar-refractivity contribution in [2.75, 3.05) is 17.2 Å². The van der Waals surface area contributed by atoms with Crippen LogP contribution >= 0.6 is 11.6 Å². The molecule has 0 spiro atoms. The molecule has 9 heteroatoms. The van der Waals surface area contributed by atoms with Crippen molar-refractivity contribution in [3.05, 3.63) is 82.9 Å². The lowest BCUT2D eigenvalue weighted by atomic mass is 9.96. The minimum absolute atomic E-state index is 0.0381. The Balaban J connectivity index is 1.46. The van der Waals surface area contributed by atoms with E-state index in [-0.39, 0.29) is 11.5 Å². The SMILES string of the molecule is C#Cc1cnc2c(Cl)cc(N[C@H](C3=CN(C4(C#N)CC4)NN3)c3cccc4ncccc34)cc2c1NCC(C)(C)C. The van der Waals surface area contributed by atoms with Crippen molar-refractivity contribution in [2.45, 2.75) is 45.2 Å². The van der Waals surface area contributed by atoms with E-state index >= 15 is 0 Å². The number of hydrogen-bond donors (Lipinski definition) is 4. The van der Waals surface area contributed by atoms with Gasteiger partial charge < -0.3 is 16.1 Å². The van der Waals surface area contributed by atoms with Crippen LogP contribution in [-0.4, -0.2) is 27.1 Å². The first-order chi connectivity index (χ1) is 19.7. The number of halogens is 1. The van der Waals surface area contributed by atoms with Gasteiger partial charge in [0.1, 0.15) is 5.54 Å². The zero-order valence-electron chi connectivity index (χ0n) is 23.2. The highest BCUT2D eigenvalue weighted by Gasteiger charge is 2.50. The van der Waals surface area contributed by atoms with Crippen molar-refractivity contribution in [1.29, 1.82) is 5.26 Å². The van der Waals surface area contributed by atoms with Gasteiger partial charge in [-0.1, -0.05) is 56.5 Å². The van der Waals surface area contributed by atoms with E-state index in [1.54, 1.807) is 12.4 Å². The van der Waals surface area contributed by atoms with E-state index in [1.807, 2.05) is 41.5 Å². The van der Waals surface area contributed by atoms with Crippen molar-refractivity contribution in [2.24, 2.45) is 5.41 Å². The molecule has 206 valence electrons. The van der Waals surface area contributed by atoms with Crippen LogP contribution in [-0.2, 0) is 0 Å². The Morgan fingerprint density at radius 2 is 2.00 bits per heavy atom. The van der Waals surface area contributed by atoms with Gasteiger partial charge in [0.05, 0.1) is 45.1 Å². The first-order valence-electron chi connectivity index (χ1n) is 13.6. The summed E-state index contributed by atoms with van der Waals surface area (Å²) >= 11 is 6.84. The molecule has 1 aliphatic carbocycles. The molecule has 41 heavy (non-hydrogen) atoms. The molecule has 3 heterocycles. The number of nitrogens with one attached hydrogen (secondary N) is 4. The van der Waals surface area contributed by atoms with Crippen molar-refractivity contribution < 1.29 is 0 Å². The van der Waals surface area contributed by atoms with Crippen LogP contribution < -0.4 is 21.6 Å². The van der Waals surface area contributed by atoms with Gasteiger partial charge in [0.2, 0.25) is 0 Å². The lowest BCUT2D eigenvalue weighted by Gasteiger charge is -2.24. The molecule has 0 radical (unpaired) electrons. The molecule has 0 amide bonds. The zero-order chi connectivity index (χ0) is 28.8. The molecule has 1 aliphatic heterocycles. The zero-order valence-corrected chi connectivity index (χ0v) is 24.0. The normalized spacial score (nSPS) is 16.4. The molecule has 6 rings (SSSR count). The van der Waals surface area contributed by atoms with Crippen LogP contribution in [0.3, 0.4) is 0 Å². The fourth-order valence-electron chi connectivity index (χ4n) is 5.10. The van der Waals surface area contributed by atoms with Crippen molar-refractivity contribution in [1.82, 2.24) is 25.9 Å². The molecule has 1 fully saturated rings. The quantitative estimate of drug-likeness (QED) is 0.196. The van der Waals surface area contributed by atoms with Gasteiger partial charge in [0, 0.05) is 41.6 Å². The minimum Gasteiger partial charge on any atom is -0.383 e. The molecule has 2 aromatic heterocycles. The Morgan fingerprint density at radius 3 is 2.73 bits per heavy atom. The monoisotopic (exact) mass is 562 g/mol. The third-order valence-corrected chi connectivity index (χ3v) is 7.76. The minimum atomic E-state index is -0.531. The number of nitriles is 1. The van der Waals surface area contributed by atoms with E-state index in [1.165, 1.54) is 0 Å². The van der Waals surface area contributed by atoms with E-state index in [2.05, 4.69) is 76.5 Å². The number of pyridine rings is 2. The maximum Gasteiger partial charge on any atom is 0.143 e. The lowest BCUT2D eigenvalue weighted by molar-refractivity contribution is 0.217. The van der Waals surface area contributed by atoms with Crippen molar-refractivity contribution >= 4 is 44.8 Å². The number of aromatic nitrogens is 2. The van der Waals surface area contributed by atoms with Crippen LogP contribution in [0.15, 0.2) is 66.8 Å². The maximum atomic E-state index is 9.78. The van der Waals surface area contributed by atoms with E-state index in [4.69, 9.17) is 18.0 Å². The molecule has 8 nitrogen and oxygen atoms in total. The summed E-state index contributed by atoms with van der Waals surface area (Å²) in [6.07, 6.45) is 13.0. The molecular weight excluding hydrogens is 532 g/mol. The van der Waals surface area contributed by atoms with Gasteiger partial charge >= 0.3 is 0 Å². The number of terminal acetylenes is 1. The second kappa shape index (κ2) is 10.2. The van der Waals surface area contributed by atoms with Gasteiger partial charge in [0.15, 0.2) is 0 Å². The summed E-state index contributed by atoms with van der Waals surface area (Å²) in [5, 5.41) is 21.3. The molecule has 1 atom stereocenters. The van der Waals surface area contributed by atoms with Crippen molar-refractivity contribution in [3.63, 3.8) is 0 Å². The highest BCUT2D eigenvalue weighted by Crippen LogP contribution is 2.43. The molecule has 0 saturated heterocycles. The third kappa shape index (κ3) is 5.09. The largest absolute Gasteiger partial charge is 0.383 e. The third-order valence-electron chi connectivity index (χ3n) is 7.47. The number of hydrogen-bond acceptors (Lipinski definition) is 8. The average molecular weight is 563 g/mol. The average Bonchev–Trinajstić information content (AvgIpc) is 3.61. The fraction of sp³-hybridized carbons (Fsp3) is 0.281. The topological polar surface area (TPSA) is 101 Å². The predicted octanol–water partition coefficient (Wildman–Crippen LogP) is 6.25. The summed E-state index contributed by atoms with van der Waals surface area (Å²) in [6, 6.07) is 16.1. The van der Waals surface area contributed by atoms with Gasteiger partial charge in [0.25, 0.3) is 0 Å². The molecule has 2 aromatic carbocycles. The van der Waals surface area contributed by atoms with E-state index in [0.29, 0.717) is 16.1 Å². The predicted molar refractivity (Wildman–Crippen MR) is 165 cm³/mol. The number of rotatable bonds is 7. The first-order valence-corrected chi connectivity index (χ1v) is 14.0. The van der Waals surface area contributed by atoms with Gasteiger partial charge in [-0.15, -0.1) is 12.0 Å². The molecule has 4 aromatic rings. The van der Waals surface area contributed by atoms with Crippen molar-refractivity contribution in [3.8, 4) is 18.4 Å². The molecule has 1 saturated carbocycles. The molecule has 4 N–H and O–H groups in total. The van der Waals surface area contributed by atoms with Gasteiger partial charge in [-0.05, 0) is 48.1 Å².